The van der Waals surface area contributed by atoms with E-state index in [4.69, 9.17) is 5.11 Å². The number of rotatable bonds is 5. The van der Waals surface area contributed by atoms with Gasteiger partial charge >= 0.3 is 5.97 Å². The molecule has 0 aliphatic carbocycles. The van der Waals surface area contributed by atoms with Crippen molar-refractivity contribution in [1.82, 2.24) is 5.32 Å². The van der Waals surface area contributed by atoms with Gasteiger partial charge in [0.2, 0.25) is 0 Å². The van der Waals surface area contributed by atoms with Crippen molar-refractivity contribution in [3.8, 4) is 0 Å². The highest BCUT2D eigenvalue weighted by Crippen LogP contribution is 2.32. The molecular weight excluding hydrogens is 274 g/mol. The molecule has 3 rings (SSSR count). The van der Waals surface area contributed by atoms with Crippen molar-refractivity contribution in [2.75, 3.05) is 6.54 Å². The van der Waals surface area contributed by atoms with Crippen LogP contribution in [0.4, 0.5) is 0 Å². The van der Waals surface area contributed by atoms with Crippen LogP contribution in [0.5, 0.6) is 0 Å². The smallest absolute Gasteiger partial charge is 0.305 e. The maximum absolute atomic E-state index is 12.4. The Morgan fingerprint density at radius 3 is 2.65 bits per heavy atom. The van der Waals surface area contributed by atoms with E-state index in [1.54, 1.807) is 0 Å². The first-order valence-corrected chi connectivity index (χ1v) is 7.38. The van der Waals surface area contributed by atoms with E-state index in [9.17, 15) is 9.59 Å². The van der Waals surface area contributed by atoms with Crippen LogP contribution in [0.2, 0.25) is 0 Å². The highest BCUT2D eigenvalue weighted by molar-refractivity contribution is 7.20. The second-order valence-electron chi connectivity index (χ2n) is 5.28. The van der Waals surface area contributed by atoms with Crippen molar-refractivity contribution in [3.05, 3.63) is 35.2 Å². The van der Waals surface area contributed by atoms with Crippen LogP contribution in [0.25, 0.3) is 10.1 Å². The van der Waals surface area contributed by atoms with Gasteiger partial charge < -0.3 is 10.4 Å². The van der Waals surface area contributed by atoms with Gasteiger partial charge in [-0.1, -0.05) is 18.2 Å². The fraction of sp³-hybridized carbons (Fsp3) is 0.333. The van der Waals surface area contributed by atoms with Crippen molar-refractivity contribution >= 4 is 33.2 Å². The van der Waals surface area contributed by atoms with E-state index in [2.05, 4.69) is 5.32 Å². The monoisotopic (exact) mass is 289 g/mol. The third-order valence-corrected chi connectivity index (χ3v) is 4.95. The summed E-state index contributed by atoms with van der Waals surface area (Å²) in [6.07, 6.45) is 1.01. The van der Waals surface area contributed by atoms with E-state index >= 15 is 0 Å². The second kappa shape index (κ2) is 5.00. The number of hydrogen-bond donors (Lipinski definition) is 2. The van der Waals surface area contributed by atoms with Crippen LogP contribution in [0.1, 0.15) is 28.9 Å². The lowest BCUT2D eigenvalue weighted by Gasteiger charge is -2.41. The number of thiophene rings is 1. The van der Waals surface area contributed by atoms with E-state index < -0.39 is 11.5 Å². The molecule has 0 spiro atoms. The van der Waals surface area contributed by atoms with Gasteiger partial charge in [-0.15, -0.1) is 11.3 Å². The highest BCUT2D eigenvalue weighted by Gasteiger charge is 2.40. The minimum atomic E-state index is -0.860. The van der Waals surface area contributed by atoms with Gasteiger partial charge in [-0.3, -0.25) is 9.59 Å². The van der Waals surface area contributed by atoms with E-state index in [0.29, 0.717) is 4.88 Å². The van der Waals surface area contributed by atoms with E-state index in [1.165, 1.54) is 11.3 Å². The molecule has 0 amide bonds. The summed E-state index contributed by atoms with van der Waals surface area (Å²) >= 11 is 1.47. The number of fused-ring (bicyclic) bond motifs is 1. The molecule has 1 atom stereocenters. The summed E-state index contributed by atoms with van der Waals surface area (Å²) < 4.78 is 1.09. The van der Waals surface area contributed by atoms with Crippen molar-refractivity contribution in [3.63, 3.8) is 0 Å². The average Bonchev–Trinajstić information content (AvgIpc) is 2.79. The van der Waals surface area contributed by atoms with E-state index in [0.717, 1.165) is 23.1 Å². The number of Topliss-reactive ketones (excluding diaryl/α,β-unsaturated/α-hetero) is 1. The average molecular weight is 289 g/mol. The molecule has 2 heterocycles. The third kappa shape index (κ3) is 2.46. The minimum Gasteiger partial charge on any atom is -0.481 e. The molecule has 1 aliphatic heterocycles. The quantitative estimate of drug-likeness (QED) is 0.831. The van der Waals surface area contributed by atoms with Crippen LogP contribution >= 0.6 is 11.3 Å². The summed E-state index contributed by atoms with van der Waals surface area (Å²) in [6.45, 7) is 0.785. The van der Waals surface area contributed by atoms with Gasteiger partial charge in [-0.2, -0.15) is 0 Å². The number of benzene rings is 1. The first kappa shape index (κ1) is 13.3. The van der Waals surface area contributed by atoms with Gasteiger partial charge in [-0.05, 0) is 30.5 Å². The van der Waals surface area contributed by atoms with Gasteiger partial charge in [0.25, 0.3) is 0 Å². The molecule has 104 valence electrons. The molecular formula is C15H15NO3S. The van der Waals surface area contributed by atoms with Crippen LogP contribution in [-0.2, 0) is 4.79 Å². The van der Waals surface area contributed by atoms with E-state index in [-0.39, 0.29) is 18.6 Å². The summed E-state index contributed by atoms with van der Waals surface area (Å²) in [6, 6.07) is 9.77. The van der Waals surface area contributed by atoms with Crippen LogP contribution in [0.3, 0.4) is 0 Å². The number of carboxylic acids is 1. The maximum atomic E-state index is 12.4. The number of ketones is 1. The van der Waals surface area contributed by atoms with Crippen LogP contribution < -0.4 is 5.32 Å². The lowest BCUT2D eigenvalue weighted by atomic mass is 9.80. The minimum absolute atomic E-state index is 0.00361. The molecule has 0 radical (unpaired) electrons. The Bertz CT molecular complexity index is 640. The Labute approximate surface area is 120 Å². The summed E-state index contributed by atoms with van der Waals surface area (Å²) in [5, 5.41) is 13.2. The molecule has 0 saturated carbocycles. The molecule has 2 aromatic rings. The number of nitrogens with one attached hydrogen (secondary N) is 1. The van der Waals surface area contributed by atoms with Crippen LogP contribution in [0.15, 0.2) is 30.3 Å². The molecule has 20 heavy (non-hydrogen) atoms. The molecule has 1 fully saturated rings. The number of carboxylic acid groups (broad SMARTS) is 1. The van der Waals surface area contributed by atoms with Crippen molar-refractivity contribution in [2.45, 2.75) is 24.8 Å². The molecule has 2 N–H and O–H groups in total. The summed E-state index contributed by atoms with van der Waals surface area (Å²) in [4.78, 5) is 24.0. The van der Waals surface area contributed by atoms with Gasteiger partial charge in [0.15, 0.2) is 5.78 Å². The molecule has 1 aromatic heterocycles. The maximum Gasteiger partial charge on any atom is 0.305 e. The van der Waals surface area contributed by atoms with Gasteiger partial charge in [-0.25, -0.2) is 0 Å². The lowest BCUT2D eigenvalue weighted by molar-refractivity contribution is -0.139. The standard InChI is InChI=1S/C15H15NO3S/c17-11(8-15(5-6-16-15)9-14(18)19)13-7-10-3-1-2-4-12(10)20-13/h1-4,7,16H,5-6,8-9H2,(H,18,19). The topological polar surface area (TPSA) is 66.4 Å². The first-order valence-electron chi connectivity index (χ1n) is 6.57. The van der Waals surface area contributed by atoms with Crippen molar-refractivity contribution in [2.24, 2.45) is 0 Å². The van der Waals surface area contributed by atoms with Crippen LogP contribution in [-0.4, -0.2) is 28.9 Å². The Balaban J connectivity index is 1.80. The van der Waals surface area contributed by atoms with Gasteiger partial charge in [0.05, 0.1) is 11.3 Å². The zero-order valence-corrected chi connectivity index (χ0v) is 11.7. The molecule has 1 aliphatic rings. The highest BCUT2D eigenvalue weighted by atomic mass is 32.1. The largest absolute Gasteiger partial charge is 0.481 e. The summed E-state index contributed by atoms with van der Waals surface area (Å²) in [5.74, 6) is -0.832. The Hall–Kier alpha value is -1.72. The molecule has 0 bridgehead atoms. The Kier molecular flexibility index (Phi) is 3.31. The van der Waals surface area contributed by atoms with Gasteiger partial charge in [0, 0.05) is 16.7 Å². The van der Waals surface area contributed by atoms with Crippen molar-refractivity contribution in [1.29, 1.82) is 0 Å². The Morgan fingerprint density at radius 2 is 2.05 bits per heavy atom. The van der Waals surface area contributed by atoms with Crippen molar-refractivity contribution < 1.29 is 14.7 Å². The van der Waals surface area contributed by atoms with Gasteiger partial charge in [0.1, 0.15) is 0 Å². The summed E-state index contributed by atoms with van der Waals surface area (Å²) in [5.41, 5.74) is -0.543. The van der Waals surface area contributed by atoms with Crippen LogP contribution in [0, 0.1) is 0 Å². The predicted octanol–water partition coefficient (Wildman–Crippen LogP) is 2.68. The number of carbonyl (C=O) groups excluding carboxylic acids is 1. The zero-order valence-electron chi connectivity index (χ0n) is 10.9. The number of aliphatic carboxylic acids is 1. The zero-order chi connectivity index (χ0) is 14.2. The first-order chi connectivity index (χ1) is 9.58. The fourth-order valence-electron chi connectivity index (χ4n) is 2.65. The van der Waals surface area contributed by atoms with E-state index in [1.807, 2.05) is 30.3 Å². The molecule has 4 nitrogen and oxygen atoms in total. The summed E-state index contributed by atoms with van der Waals surface area (Å²) in [7, 11) is 0. The second-order valence-corrected chi connectivity index (χ2v) is 6.36. The predicted molar refractivity (Wildman–Crippen MR) is 78.4 cm³/mol. The number of hydrogen-bond acceptors (Lipinski definition) is 4. The molecule has 1 unspecified atom stereocenters. The number of carbonyl (C=O) groups is 2. The Morgan fingerprint density at radius 1 is 1.30 bits per heavy atom. The molecule has 1 aromatic carbocycles. The normalized spacial score (nSPS) is 21.6. The molecule has 5 heteroatoms. The fourth-order valence-corrected chi connectivity index (χ4v) is 3.65. The SMILES string of the molecule is O=C(O)CC1(CC(=O)c2cc3ccccc3s2)CCN1. The third-order valence-electron chi connectivity index (χ3n) is 3.79. The molecule has 1 saturated heterocycles. The lowest BCUT2D eigenvalue weighted by Crippen LogP contribution is -2.59.